The Bertz CT molecular complexity index is 171. The van der Waals surface area contributed by atoms with E-state index < -0.39 is 0 Å². The lowest BCUT2D eigenvalue weighted by atomic mass is 10.1. The van der Waals surface area contributed by atoms with Crippen molar-refractivity contribution in [2.24, 2.45) is 5.92 Å². The molecule has 4 heteroatoms. The molecule has 0 bridgehead atoms. The van der Waals surface area contributed by atoms with Crippen LogP contribution in [0.4, 0.5) is 0 Å². The van der Waals surface area contributed by atoms with Crippen molar-refractivity contribution in [3.63, 3.8) is 0 Å². The maximum Gasteiger partial charge on any atom is 0.318 e. The predicted octanol–water partition coefficient (Wildman–Crippen LogP) is 0.891. The molecule has 0 aromatic heterocycles. The second-order valence-corrected chi connectivity index (χ2v) is 4.63. The molecule has 1 unspecified atom stereocenters. The van der Waals surface area contributed by atoms with Gasteiger partial charge in [-0.3, -0.25) is 4.79 Å². The number of hydrogen-bond acceptors (Lipinski definition) is 4. The van der Waals surface area contributed by atoms with E-state index in [0.717, 1.165) is 24.8 Å². The summed E-state index contributed by atoms with van der Waals surface area (Å²) in [6.45, 7) is 6.43. The van der Waals surface area contributed by atoms with Crippen molar-refractivity contribution < 1.29 is 9.53 Å². The number of thioether (sulfide) groups is 1. The summed E-state index contributed by atoms with van der Waals surface area (Å²) in [5.41, 5.74) is 0. The molecular formula is C9H17NO2S. The van der Waals surface area contributed by atoms with Crippen LogP contribution < -0.4 is 5.32 Å². The lowest BCUT2D eigenvalue weighted by Gasteiger charge is -2.27. The topological polar surface area (TPSA) is 38.3 Å². The smallest absolute Gasteiger partial charge is 0.318 e. The Hall–Kier alpha value is -0.220. The Morgan fingerprint density at radius 1 is 1.69 bits per heavy atom. The molecule has 1 saturated heterocycles. The molecule has 13 heavy (non-hydrogen) atoms. The van der Waals surface area contributed by atoms with Crippen LogP contribution in [0.15, 0.2) is 0 Å². The number of carbonyl (C=O) groups excluding carboxylic acids is 1. The molecule has 0 spiro atoms. The molecule has 1 aliphatic heterocycles. The molecule has 1 rings (SSSR count). The Morgan fingerprint density at radius 2 is 2.38 bits per heavy atom. The summed E-state index contributed by atoms with van der Waals surface area (Å²) in [6.07, 6.45) is 0. The lowest BCUT2D eigenvalue weighted by molar-refractivity contribution is -0.142. The first kappa shape index (κ1) is 10.9. The van der Waals surface area contributed by atoms with Crippen LogP contribution in [0, 0.1) is 5.92 Å². The molecule has 0 saturated carbocycles. The average Bonchev–Trinajstić information content (AvgIpc) is 2.01. The van der Waals surface area contributed by atoms with E-state index in [2.05, 4.69) is 5.32 Å². The Labute approximate surface area is 83.6 Å². The molecule has 0 aromatic rings. The third-order valence-electron chi connectivity index (χ3n) is 2.07. The van der Waals surface area contributed by atoms with E-state index >= 15 is 0 Å². The molecule has 1 atom stereocenters. The van der Waals surface area contributed by atoms with Gasteiger partial charge in [-0.25, -0.2) is 0 Å². The second-order valence-electron chi connectivity index (χ2n) is 3.25. The zero-order valence-corrected chi connectivity index (χ0v) is 9.02. The molecule has 0 amide bonds. The summed E-state index contributed by atoms with van der Waals surface area (Å²) in [7, 11) is 0. The maximum atomic E-state index is 11.2. The number of rotatable bonds is 5. The highest BCUT2D eigenvalue weighted by molar-refractivity contribution is 8.00. The van der Waals surface area contributed by atoms with Gasteiger partial charge in [0.25, 0.3) is 0 Å². The first-order valence-electron chi connectivity index (χ1n) is 4.73. The van der Waals surface area contributed by atoms with Crippen molar-refractivity contribution in [2.45, 2.75) is 19.1 Å². The van der Waals surface area contributed by atoms with Gasteiger partial charge in [-0.2, -0.15) is 0 Å². The predicted molar refractivity (Wildman–Crippen MR) is 54.9 cm³/mol. The number of carbonyl (C=O) groups is 1. The van der Waals surface area contributed by atoms with Gasteiger partial charge >= 0.3 is 5.97 Å². The fraction of sp³-hybridized carbons (Fsp3) is 0.889. The van der Waals surface area contributed by atoms with E-state index in [1.54, 1.807) is 11.8 Å². The summed E-state index contributed by atoms with van der Waals surface area (Å²) >= 11 is 1.69. The molecule has 0 radical (unpaired) electrons. The second kappa shape index (κ2) is 5.50. The minimum atomic E-state index is -0.0835. The van der Waals surface area contributed by atoms with Crippen LogP contribution >= 0.6 is 11.8 Å². The fourth-order valence-electron chi connectivity index (χ4n) is 1.07. The van der Waals surface area contributed by atoms with Gasteiger partial charge in [0, 0.05) is 0 Å². The van der Waals surface area contributed by atoms with Gasteiger partial charge in [0.05, 0.1) is 11.9 Å². The first-order chi connectivity index (χ1) is 6.24. The average molecular weight is 203 g/mol. The van der Waals surface area contributed by atoms with Crippen LogP contribution in [-0.4, -0.2) is 36.7 Å². The van der Waals surface area contributed by atoms with Crippen LogP contribution in [0.5, 0.6) is 0 Å². The molecule has 76 valence electrons. The van der Waals surface area contributed by atoms with Crippen LogP contribution in [0.1, 0.15) is 13.8 Å². The minimum Gasteiger partial charge on any atom is -0.465 e. The zero-order valence-electron chi connectivity index (χ0n) is 8.21. The number of ether oxygens (including phenoxy) is 1. The van der Waals surface area contributed by atoms with E-state index in [-0.39, 0.29) is 11.2 Å². The zero-order chi connectivity index (χ0) is 9.68. The Balaban J connectivity index is 2.08. The van der Waals surface area contributed by atoms with Gasteiger partial charge < -0.3 is 10.1 Å². The van der Waals surface area contributed by atoms with Crippen molar-refractivity contribution >= 4 is 17.7 Å². The monoisotopic (exact) mass is 203 g/mol. The Morgan fingerprint density at radius 3 is 2.85 bits per heavy atom. The molecule has 1 heterocycles. The van der Waals surface area contributed by atoms with Gasteiger partial charge in [-0.05, 0) is 38.6 Å². The van der Waals surface area contributed by atoms with E-state index in [1.165, 1.54) is 0 Å². The summed E-state index contributed by atoms with van der Waals surface area (Å²) in [6, 6.07) is 0. The SMILES string of the molecule is CCOC(=O)C(C)SCC1CNC1. The van der Waals surface area contributed by atoms with Crippen molar-refractivity contribution in [3.8, 4) is 0 Å². The van der Waals surface area contributed by atoms with E-state index in [1.807, 2.05) is 13.8 Å². The molecule has 0 aromatic carbocycles. The summed E-state index contributed by atoms with van der Waals surface area (Å²) < 4.78 is 4.91. The number of hydrogen-bond donors (Lipinski definition) is 1. The minimum absolute atomic E-state index is 0.0134. The normalized spacial score (nSPS) is 19.2. The fourth-order valence-corrected chi connectivity index (χ4v) is 2.08. The van der Waals surface area contributed by atoms with Crippen LogP contribution in [0.2, 0.25) is 0 Å². The van der Waals surface area contributed by atoms with E-state index in [0.29, 0.717) is 6.61 Å². The highest BCUT2D eigenvalue weighted by atomic mass is 32.2. The van der Waals surface area contributed by atoms with Gasteiger partial charge in [-0.1, -0.05) is 0 Å². The van der Waals surface area contributed by atoms with E-state index in [4.69, 9.17) is 4.74 Å². The molecule has 1 N–H and O–H groups in total. The van der Waals surface area contributed by atoms with Crippen molar-refractivity contribution in [1.82, 2.24) is 5.32 Å². The largest absolute Gasteiger partial charge is 0.465 e. The molecule has 1 fully saturated rings. The quantitative estimate of drug-likeness (QED) is 0.674. The first-order valence-corrected chi connectivity index (χ1v) is 5.78. The number of esters is 1. The molecule has 3 nitrogen and oxygen atoms in total. The van der Waals surface area contributed by atoms with Crippen LogP contribution in [-0.2, 0) is 9.53 Å². The summed E-state index contributed by atoms with van der Waals surface area (Å²) in [4.78, 5) is 11.2. The van der Waals surface area contributed by atoms with Gasteiger partial charge in [-0.15, -0.1) is 11.8 Å². The standard InChI is InChI=1S/C9H17NO2S/c1-3-12-9(11)7(2)13-6-8-4-10-5-8/h7-8,10H,3-6H2,1-2H3. The van der Waals surface area contributed by atoms with Crippen LogP contribution in [0.25, 0.3) is 0 Å². The highest BCUT2D eigenvalue weighted by Gasteiger charge is 2.20. The van der Waals surface area contributed by atoms with Gasteiger partial charge in [0.1, 0.15) is 0 Å². The Kier molecular flexibility index (Phi) is 4.59. The van der Waals surface area contributed by atoms with Crippen molar-refractivity contribution in [2.75, 3.05) is 25.4 Å². The molecule has 0 aliphatic carbocycles. The van der Waals surface area contributed by atoms with Crippen molar-refractivity contribution in [1.29, 1.82) is 0 Å². The van der Waals surface area contributed by atoms with Crippen molar-refractivity contribution in [3.05, 3.63) is 0 Å². The lowest BCUT2D eigenvalue weighted by Crippen LogP contribution is -2.43. The summed E-state index contributed by atoms with van der Waals surface area (Å²) in [5.74, 6) is 1.73. The third kappa shape index (κ3) is 3.56. The highest BCUT2D eigenvalue weighted by Crippen LogP contribution is 2.18. The van der Waals surface area contributed by atoms with Gasteiger partial charge in [0.2, 0.25) is 0 Å². The van der Waals surface area contributed by atoms with Crippen LogP contribution in [0.3, 0.4) is 0 Å². The van der Waals surface area contributed by atoms with Gasteiger partial charge in [0.15, 0.2) is 0 Å². The maximum absolute atomic E-state index is 11.2. The number of nitrogens with one attached hydrogen (secondary N) is 1. The van der Waals surface area contributed by atoms with E-state index in [9.17, 15) is 4.79 Å². The third-order valence-corrected chi connectivity index (χ3v) is 3.42. The molecular weight excluding hydrogens is 186 g/mol. The summed E-state index contributed by atoms with van der Waals surface area (Å²) in [5, 5.41) is 3.20. The molecule has 1 aliphatic rings.